The average Bonchev–Trinajstić information content (AvgIpc) is 2.46. The summed E-state index contributed by atoms with van der Waals surface area (Å²) >= 11 is 0. The fraction of sp³-hybridized carbons (Fsp3) is 0.167. The zero-order valence-electron chi connectivity index (χ0n) is 11.4. The monoisotopic (exact) mass is 291 g/mol. The fourth-order valence-corrected chi connectivity index (χ4v) is 1.73. The Balaban J connectivity index is 2.34. The molecule has 0 atom stereocenters. The summed E-state index contributed by atoms with van der Waals surface area (Å²) in [7, 11) is 1.42. The van der Waals surface area contributed by atoms with Crippen molar-refractivity contribution in [1.82, 2.24) is 9.97 Å². The van der Waals surface area contributed by atoms with Gasteiger partial charge in [-0.25, -0.2) is 10.8 Å². The third kappa shape index (κ3) is 2.98. The maximum absolute atomic E-state index is 10.8. The van der Waals surface area contributed by atoms with Crippen LogP contribution in [0.15, 0.2) is 24.5 Å². The third-order valence-electron chi connectivity index (χ3n) is 2.69. The quantitative estimate of drug-likeness (QED) is 0.485. The lowest BCUT2D eigenvalue weighted by Gasteiger charge is -2.11. The predicted octanol–water partition coefficient (Wildman–Crippen LogP) is 1.78. The molecule has 1 heterocycles. The van der Waals surface area contributed by atoms with Gasteiger partial charge in [0.25, 0.3) is 11.6 Å². The van der Waals surface area contributed by atoms with Gasteiger partial charge in [-0.05, 0) is 19.1 Å². The number of methoxy groups -OCH3 is 1. The van der Waals surface area contributed by atoms with Crippen LogP contribution < -0.4 is 20.7 Å². The van der Waals surface area contributed by atoms with Crippen LogP contribution >= 0.6 is 0 Å². The van der Waals surface area contributed by atoms with Gasteiger partial charge >= 0.3 is 0 Å². The normalized spacial score (nSPS) is 10.0. The van der Waals surface area contributed by atoms with Crippen LogP contribution in [0.3, 0.4) is 0 Å². The lowest BCUT2D eigenvalue weighted by atomic mass is 10.2. The molecular weight excluding hydrogens is 278 g/mol. The first-order valence-corrected chi connectivity index (χ1v) is 5.85. The van der Waals surface area contributed by atoms with Crippen molar-refractivity contribution in [2.45, 2.75) is 6.92 Å². The Labute approximate surface area is 119 Å². The summed E-state index contributed by atoms with van der Waals surface area (Å²) in [5.41, 5.74) is 2.85. The van der Waals surface area contributed by atoms with Crippen molar-refractivity contribution in [3.05, 3.63) is 40.2 Å². The van der Waals surface area contributed by atoms with Crippen LogP contribution in [-0.4, -0.2) is 22.0 Å². The zero-order valence-corrected chi connectivity index (χ0v) is 11.4. The Morgan fingerprint density at radius 2 is 2.14 bits per heavy atom. The number of hydrazine groups is 1. The number of nitro benzene ring substituents is 1. The van der Waals surface area contributed by atoms with Crippen LogP contribution in [0.4, 0.5) is 11.5 Å². The van der Waals surface area contributed by atoms with E-state index in [1.807, 2.05) is 0 Å². The van der Waals surface area contributed by atoms with E-state index < -0.39 is 4.92 Å². The summed E-state index contributed by atoms with van der Waals surface area (Å²) in [5, 5.41) is 10.8. The Kier molecular flexibility index (Phi) is 4.14. The van der Waals surface area contributed by atoms with Crippen molar-refractivity contribution in [3.8, 4) is 17.4 Å². The van der Waals surface area contributed by atoms with E-state index >= 15 is 0 Å². The van der Waals surface area contributed by atoms with Gasteiger partial charge < -0.3 is 14.9 Å². The number of anilines is 1. The predicted molar refractivity (Wildman–Crippen MR) is 74.3 cm³/mol. The van der Waals surface area contributed by atoms with E-state index in [0.29, 0.717) is 11.3 Å². The summed E-state index contributed by atoms with van der Waals surface area (Å²) < 4.78 is 10.7. The molecule has 0 unspecified atom stereocenters. The zero-order chi connectivity index (χ0) is 15.4. The molecule has 110 valence electrons. The van der Waals surface area contributed by atoms with Gasteiger partial charge in [0.05, 0.1) is 12.0 Å². The molecule has 0 amide bonds. The van der Waals surface area contributed by atoms with Crippen molar-refractivity contribution in [1.29, 1.82) is 0 Å². The summed E-state index contributed by atoms with van der Waals surface area (Å²) in [6, 6.07) is 4.37. The molecule has 0 bridgehead atoms. The Hall–Kier alpha value is -2.94. The Morgan fingerprint density at radius 3 is 2.71 bits per heavy atom. The number of nitro groups is 1. The minimum atomic E-state index is -0.458. The van der Waals surface area contributed by atoms with Gasteiger partial charge in [0, 0.05) is 11.6 Å². The number of aromatic nitrogens is 2. The second kappa shape index (κ2) is 6.01. The van der Waals surface area contributed by atoms with Gasteiger partial charge in [0.2, 0.25) is 5.75 Å². The topological polar surface area (TPSA) is 125 Å². The molecule has 2 rings (SSSR count). The van der Waals surface area contributed by atoms with Crippen LogP contribution in [0.5, 0.6) is 17.4 Å². The van der Waals surface area contributed by atoms with Crippen molar-refractivity contribution >= 4 is 11.5 Å². The molecule has 0 spiro atoms. The highest BCUT2D eigenvalue weighted by molar-refractivity contribution is 5.55. The first kappa shape index (κ1) is 14.5. The molecule has 9 nitrogen and oxygen atoms in total. The van der Waals surface area contributed by atoms with E-state index in [9.17, 15) is 10.1 Å². The number of benzene rings is 1. The van der Waals surface area contributed by atoms with Crippen molar-refractivity contribution in [2.75, 3.05) is 12.5 Å². The van der Waals surface area contributed by atoms with Gasteiger partial charge in [0.15, 0.2) is 5.82 Å². The van der Waals surface area contributed by atoms with Crippen LogP contribution in [0, 0.1) is 17.0 Å². The van der Waals surface area contributed by atoms with Crippen LogP contribution in [0.2, 0.25) is 0 Å². The van der Waals surface area contributed by atoms with E-state index in [1.165, 1.54) is 31.6 Å². The van der Waals surface area contributed by atoms with E-state index in [-0.39, 0.29) is 23.1 Å². The minimum Gasteiger partial charge on any atom is -0.489 e. The Morgan fingerprint density at radius 1 is 1.38 bits per heavy atom. The maximum Gasteiger partial charge on any atom is 0.272 e. The van der Waals surface area contributed by atoms with Gasteiger partial charge in [0.1, 0.15) is 12.1 Å². The molecule has 0 fully saturated rings. The minimum absolute atomic E-state index is 0.0151. The number of nitrogens with one attached hydrogen (secondary N) is 1. The van der Waals surface area contributed by atoms with Crippen LogP contribution in [-0.2, 0) is 0 Å². The SMILES string of the molecule is COc1c(NN)ncnc1Oc1ccc([N+](=O)[O-])c(C)c1. The molecule has 0 aliphatic heterocycles. The van der Waals surface area contributed by atoms with Gasteiger partial charge in [-0.2, -0.15) is 4.98 Å². The molecule has 0 saturated carbocycles. The van der Waals surface area contributed by atoms with E-state index in [4.69, 9.17) is 15.3 Å². The molecule has 1 aromatic carbocycles. The van der Waals surface area contributed by atoms with Crippen molar-refractivity contribution in [2.24, 2.45) is 5.84 Å². The number of nitrogen functional groups attached to an aromatic ring is 1. The van der Waals surface area contributed by atoms with E-state index in [1.54, 1.807) is 6.92 Å². The second-order valence-electron chi connectivity index (χ2n) is 4.01. The Bertz CT molecular complexity index is 677. The van der Waals surface area contributed by atoms with Crippen molar-refractivity contribution < 1.29 is 14.4 Å². The maximum atomic E-state index is 10.8. The van der Waals surface area contributed by atoms with Gasteiger partial charge in [-0.3, -0.25) is 10.1 Å². The standard InChI is InChI=1S/C12H13N5O4/c1-7-5-8(3-4-9(7)17(18)19)21-12-10(20-2)11(16-13)14-6-15-12/h3-6H,13H2,1-2H3,(H,14,15,16). The summed E-state index contributed by atoms with van der Waals surface area (Å²) in [6.07, 6.45) is 1.26. The first-order chi connectivity index (χ1) is 10.1. The number of ether oxygens (including phenoxy) is 2. The second-order valence-corrected chi connectivity index (χ2v) is 4.01. The van der Waals surface area contributed by atoms with Gasteiger partial charge in [-0.15, -0.1) is 0 Å². The first-order valence-electron chi connectivity index (χ1n) is 5.85. The molecule has 21 heavy (non-hydrogen) atoms. The molecular formula is C12H13N5O4. The van der Waals surface area contributed by atoms with E-state index in [0.717, 1.165) is 0 Å². The molecule has 3 N–H and O–H groups in total. The molecule has 0 aliphatic rings. The molecule has 0 radical (unpaired) electrons. The molecule has 0 aliphatic carbocycles. The molecule has 9 heteroatoms. The number of hydrogen-bond donors (Lipinski definition) is 2. The summed E-state index contributed by atoms with van der Waals surface area (Å²) in [5.74, 6) is 6.35. The molecule has 2 aromatic rings. The average molecular weight is 291 g/mol. The highest BCUT2D eigenvalue weighted by atomic mass is 16.6. The number of rotatable bonds is 5. The highest BCUT2D eigenvalue weighted by Gasteiger charge is 2.15. The number of nitrogens with zero attached hydrogens (tertiary/aromatic N) is 3. The van der Waals surface area contributed by atoms with E-state index in [2.05, 4.69) is 15.4 Å². The lowest BCUT2D eigenvalue weighted by molar-refractivity contribution is -0.385. The van der Waals surface area contributed by atoms with Crippen LogP contribution in [0.1, 0.15) is 5.56 Å². The number of nitrogens with two attached hydrogens (primary N) is 1. The smallest absolute Gasteiger partial charge is 0.272 e. The number of hydrogen-bond acceptors (Lipinski definition) is 8. The number of aryl methyl sites for hydroxylation is 1. The van der Waals surface area contributed by atoms with Gasteiger partial charge in [-0.1, -0.05) is 0 Å². The molecule has 1 aromatic heterocycles. The van der Waals surface area contributed by atoms with Crippen LogP contribution in [0.25, 0.3) is 0 Å². The summed E-state index contributed by atoms with van der Waals surface area (Å²) in [4.78, 5) is 18.2. The highest BCUT2D eigenvalue weighted by Crippen LogP contribution is 2.34. The largest absolute Gasteiger partial charge is 0.489 e. The summed E-state index contributed by atoms with van der Waals surface area (Å²) in [6.45, 7) is 1.62. The van der Waals surface area contributed by atoms with Crippen molar-refractivity contribution in [3.63, 3.8) is 0 Å². The fourth-order valence-electron chi connectivity index (χ4n) is 1.73. The molecule has 0 saturated heterocycles. The third-order valence-corrected chi connectivity index (χ3v) is 2.69. The lowest BCUT2D eigenvalue weighted by Crippen LogP contribution is -2.11.